The van der Waals surface area contributed by atoms with Crippen molar-refractivity contribution in [2.75, 3.05) is 6.54 Å². The highest BCUT2D eigenvalue weighted by Gasteiger charge is 2.44. The van der Waals surface area contributed by atoms with E-state index < -0.39 is 53.0 Å². The first-order valence-corrected chi connectivity index (χ1v) is 16.0. The lowest BCUT2D eigenvalue weighted by Gasteiger charge is -2.41. The van der Waals surface area contributed by atoms with E-state index in [-0.39, 0.29) is 11.8 Å². The summed E-state index contributed by atoms with van der Waals surface area (Å²) in [6, 6.07) is 8.34. The number of rotatable bonds is 1. The highest BCUT2D eigenvalue weighted by atomic mass is 16.5. The zero-order valence-electron chi connectivity index (χ0n) is 26.8. The molecule has 1 aromatic carbocycles. The lowest BCUT2D eigenvalue weighted by molar-refractivity contribution is -0.168. The van der Waals surface area contributed by atoms with Crippen molar-refractivity contribution in [3.63, 3.8) is 0 Å². The molecule has 11 nitrogen and oxygen atoms in total. The van der Waals surface area contributed by atoms with Crippen LogP contribution in [-0.4, -0.2) is 69.1 Å². The summed E-state index contributed by atoms with van der Waals surface area (Å²) < 4.78 is 5.95. The van der Waals surface area contributed by atoms with Gasteiger partial charge in [0.1, 0.15) is 11.6 Å². The van der Waals surface area contributed by atoms with Gasteiger partial charge in [-0.2, -0.15) is 0 Å². The first-order valence-electron chi connectivity index (χ1n) is 16.0. The average molecular weight is 620 g/mol. The van der Waals surface area contributed by atoms with Crippen LogP contribution in [0.15, 0.2) is 36.4 Å². The predicted molar refractivity (Wildman–Crippen MR) is 169 cm³/mol. The van der Waals surface area contributed by atoms with Crippen LogP contribution in [0.3, 0.4) is 0 Å². The quantitative estimate of drug-likeness (QED) is 0.355. The number of benzene rings is 1. The Kier molecular flexibility index (Phi) is 9.32. The van der Waals surface area contributed by atoms with Crippen molar-refractivity contribution in [3.8, 4) is 0 Å². The molecule has 242 valence electrons. The van der Waals surface area contributed by atoms with Gasteiger partial charge >= 0.3 is 5.97 Å². The molecule has 11 heteroatoms. The molecule has 3 amide bonds. The Hall–Kier alpha value is -3.83. The zero-order valence-corrected chi connectivity index (χ0v) is 26.8. The number of esters is 1. The van der Waals surface area contributed by atoms with E-state index in [9.17, 15) is 24.3 Å². The van der Waals surface area contributed by atoms with Gasteiger partial charge in [0.2, 0.25) is 5.91 Å². The van der Waals surface area contributed by atoms with E-state index in [2.05, 4.69) is 16.1 Å². The second-order valence-electron chi connectivity index (χ2n) is 13.4. The second-order valence-corrected chi connectivity index (χ2v) is 13.4. The molecular formula is C34H45N5O6. The minimum atomic E-state index is -1.13. The van der Waals surface area contributed by atoms with Crippen molar-refractivity contribution >= 4 is 40.7 Å². The number of amides is 3. The fraction of sp³-hybridized carbons (Fsp3) is 0.559. The van der Waals surface area contributed by atoms with Crippen LogP contribution < -0.4 is 16.1 Å². The SMILES string of the molecule is CC(C)[C@@H]1OC(=O)C2(C=Cc3ccc4ccc(nc4c3)[C@@H](C)NC(=O)[C@]3(C)CCCN(N3)C(=O)[C@H](C)NC1=O)CCC(O)CC2. The molecule has 1 aromatic heterocycles. The van der Waals surface area contributed by atoms with Gasteiger partial charge in [0.05, 0.1) is 28.8 Å². The third-order valence-electron chi connectivity index (χ3n) is 9.41. The zero-order chi connectivity index (χ0) is 32.5. The number of carbonyl (C=O) groups excluding carboxylic acids is 4. The topological polar surface area (TPSA) is 150 Å². The average Bonchev–Trinajstić information content (AvgIpc) is 3.01. The van der Waals surface area contributed by atoms with E-state index in [4.69, 9.17) is 9.72 Å². The monoisotopic (exact) mass is 619 g/mol. The van der Waals surface area contributed by atoms with Crippen molar-refractivity contribution in [2.45, 2.75) is 103 Å². The van der Waals surface area contributed by atoms with Gasteiger partial charge in [-0.25, -0.2) is 5.43 Å². The van der Waals surface area contributed by atoms with Crippen LogP contribution in [0.5, 0.6) is 0 Å². The van der Waals surface area contributed by atoms with Gasteiger partial charge in [0.15, 0.2) is 6.10 Å². The van der Waals surface area contributed by atoms with Crippen LogP contribution in [0.2, 0.25) is 0 Å². The molecule has 0 unspecified atom stereocenters. The molecule has 1 spiro atoms. The van der Waals surface area contributed by atoms with E-state index in [1.807, 2.05) is 49.4 Å². The van der Waals surface area contributed by atoms with Crippen molar-refractivity contribution in [1.29, 1.82) is 0 Å². The van der Waals surface area contributed by atoms with E-state index in [0.29, 0.717) is 50.8 Å². The van der Waals surface area contributed by atoms with Crippen LogP contribution in [0, 0.1) is 11.3 Å². The fourth-order valence-corrected chi connectivity index (χ4v) is 6.38. The molecule has 1 aliphatic carbocycles. The molecule has 4 atom stereocenters. The Morgan fingerprint density at radius 3 is 2.42 bits per heavy atom. The van der Waals surface area contributed by atoms with Gasteiger partial charge < -0.3 is 20.5 Å². The summed E-state index contributed by atoms with van der Waals surface area (Å²) in [5, 5.41) is 18.4. The Morgan fingerprint density at radius 2 is 1.71 bits per heavy atom. The summed E-state index contributed by atoms with van der Waals surface area (Å²) in [6.07, 6.45) is 4.77. The smallest absolute Gasteiger partial charge is 0.316 e. The number of fused-ring (bicyclic) bond motifs is 4. The molecular weight excluding hydrogens is 574 g/mol. The molecule has 1 saturated heterocycles. The maximum absolute atomic E-state index is 13.9. The second kappa shape index (κ2) is 12.9. The maximum atomic E-state index is 13.9. The molecule has 3 aliphatic rings. The van der Waals surface area contributed by atoms with Gasteiger partial charge in [-0.1, -0.05) is 44.2 Å². The number of aliphatic hydroxyl groups is 1. The Morgan fingerprint density at radius 1 is 1.00 bits per heavy atom. The van der Waals surface area contributed by atoms with Crippen LogP contribution in [0.1, 0.15) is 90.4 Å². The Labute approximate surface area is 264 Å². The minimum Gasteiger partial charge on any atom is -0.451 e. The third kappa shape index (κ3) is 6.89. The van der Waals surface area contributed by atoms with Gasteiger partial charge in [-0.15, -0.1) is 0 Å². The van der Waals surface area contributed by atoms with E-state index in [1.54, 1.807) is 27.7 Å². The van der Waals surface area contributed by atoms with Gasteiger partial charge in [-0.05, 0) is 82.9 Å². The third-order valence-corrected chi connectivity index (χ3v) is 9.41. The lowest BCUT2D eigenvalue weighted by Crippen LogP contribution is -2.67. The van der Waals surface area contributed by atoms with Crippen LogP contribution in [0.4, 0.5) is 0 Å². The molecule has 1 saturated carbocycles. The standard InChI is InChI=1S/C34H45N5O6/c1-20(2)28-29(41)35-22(4)30(42)39-18-6-14-33(5,38-39)31(43)36-21(3)26-10-9-24-8-7-23(19-27(24)37-26)11-15-34(32(44)45-28)16-12-25(40)13-17-34/h7-11,15,19-22,25,28,38,40H,6,12-14,16-18H2,1-5H3,(H,35,41)(H,36,43)/t21-,22+,25?,28+,33+,34?/m1/s1. The number of hydrazine groups is 1. The van der Waals surface area contributed by atoms with Crippen LogP contribution in [0.25, 0.3) is 17.0 Å². The summed E-state index contributed by atoms with van der Waals surface area (Å²) in [7, 11) is 0. The normalized spacial score (nSPS) is 32.0. The Balaban J connectivity index is 1.55. The van der Waals surface area contributed by atoms with Crippen LogP contribution in [-0.2, 0) is 23.9 Å². The molecule has 3 heterocycles. The highest BCUT2D eigenvalue weighted by Crippen LogP contribution is 2.40. The number of hydrogen-bond acceptors (Lipinski definition) is 8. The number of pyridine rings is 1. The van der Waals surface area contributed by atoms with Crippen molar-refractivity contribution < 1.29 is 29.0 Å². The predicted octanol–water partition coefficient (Wildman–Crippen LogP) is 3.32. The summed E-state index contributed by atoms with van der Waals surface area (Å²) in [4.78, 5) is 59.3. The van der Waals surface area contributed by atoms with Gasteiger partial charge in [0.25, 0.3) is 11.8 Å². The van der Waals surface area contributed by atoms with Crippen molar-refractivity contribution in [3.05, 3.63) is 47.7 Å². The first kappa shape index (κ1) is 32.6. The number of hydrogen-bond donors (Lipinski definition) is 4. The summed E-state index contributed by atoms with van der Waals surface area (Å²) in [6.45, 7) is 9.14. The molecule has 4 N–H and O–H groups in total. The molecule has 2 aromatic rings. The van der Waals surface area contributed by atoms with Crippen molar-refractivity contribution in [1.82, 2.24) is 26.1 Å². The van der Waals surface area contributed by atoms with Gasteiger partial charge in [0, 0.05) is 11.9 Å². The van der Waals surface area contributed by atoms with Gasteiger partial charge in [-0.3, -0.25) is 29.2 Å². The number of carbonyl (C=O) groups is 4. The molecule has 2 fully saturated rings. The molecule has 45 heavy (non-hydrogen) atoms. The highest BCUT2D eigenvalue weighted by molar-refractivity contribution is 5.92. The van der Waals surface area contributed by atoms with E-state index in [0.717, 1.165) is 16.5 Å². The number of nitrogens with zero attached hydrogens (tertiary/aromatic N) is 2. The minimum absolute atomic E-state index is 0.261. The number of nitrogens with one attached hydrogen (secondary N) is 3. The first-order chi connectivity index (χ1) is 21.3. The van der Waals surface area contributed by atoms with Crippen molar-refractivity contribution in [2.24, 2.45) is 11.3 Å². The lowest BCUT2D eigenvalue weighted by atomic mass is 9.72. The summed E-state index contributed by atoms with van der Waals surface area (Å²) in [5.41, 5.74) is 3.28. The number of ether oxygens (including phenoxy) is 1. The maximum Gasteiger partial charge on any atom is 0.316 e. The summed E-state index contributed by atoms with van der Waals surface area (Å²) >= 11 is 0. The summed E-state index contributed by atoms with van der Waals surface area (Å²) in [5.74, 6) is -2.12. The number of aromatic nitrogens is 1. The van der Waals surface area contributed by atoms with E-state index in [1.165, 1.54) is 5.01 Å². The Bertz CT molecular complexity index is 1500. The molecule has 5 rings (SSSR count). The number of cyclic esters (lactones) is 1. The molecule has 2 aliphatic heterocycles. The largest absolute Gasteiger partial charge is 0.451 e. The van der Waals surface area contributed by atoms with E-state index >= 15 is 0 Å². The van der Waals surface area contributed by atoms with Crippen LogP contribution >= 0.6 is 0 Å². The fourth-order valence-electron chi connectivity index (χ4n) is 6.38. The molecule has 0 radical (unpaired) electrons. The molecule has 5 bridgehead atoms. The number of aliphatic hydroxyl groups excluding tert-OH is 1.